The lowest BCUT2D eigenvalue weighted by atomic mass is 9.72. The fraction of sp³-hybridized carbons (Fsp3) is 0.902. The maximum Gasteiger partial charge on any atom is 0.311 e. The Morgan fingerprint density at radius 3 is 2.13 bits per heavy atom. The summed E-state index contributed by atoms with van der Waals surface area (Å²) in [7, 11) is 0. The van der Waals surface area contributed by atoms with E-state index in [1.54, 1.807) is 26.8 Å². The number of aliphatic hydroxyl groups excluding tert-OH is 1. The molecule has 0 radical (unpaired) electrons. The average Bonchev–Trinajstić information content (AvgIpc) is 3.06. The van der Waals surface area contributed by atoms with Gasteiger partial charge in [-0.15, -0.1) is 6.58 Å². The monoisotopic (exact) mass is 740 g/mol. The summed E-state index contributed by atoms with van der Waals surface area (Å²) in [5.74, 6) is -2.52. The van der Waals surface area contributed by atoms with Crippen molar-refractivity contribution in [2.75, 3.05) is 6.61 Å². The molecule has 0 saturated carbocycles. The van der Waals surface area contributed by atoms with Crippen LogP contribution in [0.2, 0.25) is 0 Å². The van der Waals surface area contributed by atoms with E-state index in [1.807, 2.05) is 20.8 Å². The van der Waals surface area contributed by atoms with Crippen LogP contribution >= 0.6 is 0 Å². The van der Waals surface area contributed by atoms with Gasteiger partial charge in [-0.1, -0.05) is 73.5 Å². The van der Waals surface area contributed by atoms with Gasteiger partial charge in [0.15, 0.2) is 12.6 Å². The van der Waals surface area contributed by atoms with Crippen LogP contribution in [0.3, 0.4) is 0 Å². The molecular weight excluding hydrogens is 666 g/mol. The van der Waals surface area contributed by atoms with Crippen molar-refractivity contribution in [1.29, 1.82) is 0 Å². The first-order chi connectivity index (χ1) is 24.1. The highest BCUT2D eigenvalue weighted by atomic mass is 16.7. The van der Waals surface area contributed by atoms with E-state index in [0.717, 1.165) is 6.42 Å². The van der Waals surface area contributed by atoms with Gasteiger partial charge in [0.05, 0.1) is 54.4 Å². The molecule has 17 atom stereocenters. The first-order valence-corrected chi connectivity index (χ1v) is 19.7. The zero-order valence-electron chi connectivity index (χ0n) is 34.6. The van der Waals surface area contributed by atoms with E-state index >= 15 is 0 Å². The van der Waals surface area contributed by atoms with Crippen LogP contribution in [0.5, 0.6) is 0 Å². The second-order valence-electron chi connectivity index (χ2n) is 17.8. The van der Waals surface area contributed by atoms with Crippen LogP contribution in [-0.4, -0.2) is 94.1 Å². The lowest BCUT2D eigenvalue weighted by molar-refractivity contribution is -0.304. The SMILES string of the molecule is C=CCO[C@@]1(C)C[C@@H](C)/C(=N\O)[C@H](C)[C@@H](O)[C@](C)(O)[C@@H](CC)OC(=O)[C@H](C)[C@@H](OC2CC(C)(C)[C@@H](C)[C@H](C)O2)[C@H](C)[C@H]1O[C@@H]1O[C@H](C)C[C@H](C)[C@H]1C. The number of ether oxygens (including phenoxy) is 6. The largest absolute Gasteiger partial charge is 0.459 e. The molecule has 1 unspecified atom stereocenters. The van der Waals surface area contributed by atoms with E-state index in [1.165, 1.54) is 6.92 Å². The quantitative estimate of drug-likeness (QED) is 0.102. The van der Waals surface area contributed by atoms with E-state index in [2.05, 4.69) is 60.2 Å². The smallest absolute Gasteiger partial charge is 0.311 e. The minimum absolute atomic E-state index is 0.0270. The van der Waals surface area contributed by atoms with E-state index in [4.69, 9.17) is 28.4 Å². The van der Waals surface area contributed by atoms with Gasteiger partial charge in [0.25, 0.3) is 0 Å². The molecule has 0 aliphatic carbocycles. The van der Waals surface area contributed by atoms with Gasteiger partial charge in [-0.2, -0.15) is 0 Å². The minimum Gasteiger partial charge on any atom is -0.459 e. The van der Waals surface area contributed by atoms with Gasteiger partial charge in [0.1, 0.15) is 11.7 Å². The maximum atomic E-state index is 14.3. The molecule has 3 saturated heterocycles. The number of nitrogens with zero attached hydrogens (tertiary/aromatic N) is 1. The van der Waals surface area contributed by atoms with Crippen LogP contribution in [-0.2, 0) is 33.2 Å². The van der Waals surface area contributed by atoms with Crippen LogP contribution in [0.15, 0.2) is 17.8 Å². The maximum absolute atomic E-state index is 14.3. The number of cyclic esters (lactones) is 1. The Balaban J connectivity index is 2.27. The summed E-state index contributed by atoms with van der Waals surface area (Å²) < 4.78 is 39.9. The average molecular weight is 740 g/mol. The van der Waals surface area contributed by atoms with Crippen LogP contribution in [0.1, 0.15) is 123 Å². The van der Waals surface area contributed by atoms with Gasteiger partial charge in [-0.05, 0) is 71.1 Å². The molecule has 3 N–H and O–H groups in total. The Morgan fingerprint density at radius 2 is 1.58 bits per heavy atom. The third-order valence-corrected chi connectivity index (χ3v) is 13.1. The van der Waals surface area contributed by atoms with Crippen molar-refractivity contribution >= 4 is 11.7 Å². The van der Waals surface area contributed by atoms with Gasteiger partial charge in [0, 0.05) is 30.1 Å². The first kappa shape index (κ1) is 44.8. The molecule has 0 amide bonds. The molecule has 0 spiro atoms. The van der Waals surface area contributed by atoms with Gasteiger partial charge in [-0.3, -0.25) is 4.79 Å². The molecule has 3 rings (SSSR count). The normalized spacial score (nSPS) is 47.7. The Morgan fingerprint density at radius 1 is 0.942 bits per heavy atom. The molecule has 0 bridgehead atoms. The number of esters is 1. The Kier molecular flexibility index (Phi) is 15.4. The van der Waals surface area contributed by atoms with Crippen molar-refractivity contribution in [3.8, 4) is 0 Å². The molecule has 0 aromatic heterocycles. The second-order valence-corrected chi connectivity index (χ2v) is 17.8. The van der Waals surface area contributed by atoms with Crippen LogP contribution in [0.4, 0.5) is 0 Å². The summed E-state index contributed by atoms with van der Waals surface area (Å²) in [5, 5.41) is 37.6. The predicted molar refractivity (Wildman–Crippen MR) is 201 cm³/mol. The highest BCUT2D eigenvalue weighted by molar-refractivity contribution is 5.88. The van der Waals surface area contributed by atoms with Gasteiger partial charge in [0.2, 0.25) is 0 Å². The number of hydrogen-bond donors (Lipinski definition) is 3. The number of oxime groups is 1. The predicted octanol–water partition coefficient (Wildman–Crippen LogP) is 7.13. The summed E-state index contributed by atoms with van der Waals surface area (Å²) in [5.41, 5.74) is -2.78. The van der Waals surface area contributed by atoms with Gasteiger partial charge < -0.3 is 43.8 Å². The summed E-state index contributed by atoms with van der Waals surface area (Å²) in [6, 6.07) is 0. The fourth-order valence-electron chi connectivity index (χ4n) is 9.03. The van der Waals surface area contributed by atoms with Crippen LogP contribution in [0, 0.1) is 46.8 Å². The van der Waals surface area contributed by atoms with Crippen molar-refractivity contribution < 1.29 is 48.6 Å². The molecule has 0 aromatic rings. The van der Waals surface area contributed by atoms with Crippen molar-refractivity contribution in [1.82, 2.24) is 0 Å². The third kappa shape index (κ3) is 9.79. The number of carbonyl (C=O) groups is 1. The Bertz CT molecular complexity index is 1210. The highest BCUT2D eigenvalue weighted by Crippen LogP contribution is 2.45. The van der Waals surface area contributed by atoms with Crippen molar-refractivity contribution in [3.05, 3.63) is 12.7 Å². The van der Waals surface area contributed by atoms with E-state index in [-0.39, 0.29) is 48.2 Å². The van der Waals surface area contributed by atoms with Crippen molar-refractivity contribution in [2.24, 2.45) is 52.0 Å². The number of aliphatic hydroxyl groups is 2. The Hall–Kier alpha value is -1.60. The lowest BCUT2D eigenvalue weighted by Gasteiger charge is -2.50. The lowest BCUT2D eigenvalue weighted by Crippen LogP contribution is -2.59. The molecule has 52 heavy (non-hydrogen) atoms. The number of rotatable bonds is 8. The van der Waals surface area contributed by atoms with Gasteiger partial charge >= 0.3 is 5.97 Å². The molecule has 11 heteroatoms. The summed E-state index contributed by atoms with van der Waals surface area (Å²) in [6.45, 7) is 31.7. The molecule has 0 aromatic carbocycles. The molecular formula is C41H73NO10. The van der Waals surface area contributed by atoms with Crippen molar-refractivity contribution in [2.45, 2.75) is 183 Å². The topological polar surface area (TPSA) is 146 Å². The molecule has 302 valence electrons. The standard InChI is InChI=1S/C41H73NO10/c1-16-18-47-40(14)20-23(4)33(42-46)26(7)35(43)41(15,45)31(17-2)50-37(44)28(9)34(51-32-21-39(12,13)29(10)30(11)49-32)27(8)36(40)52-38-25(6)22(3)19-24(5)48-38/h16,22-32,34-36,38,43,45-46H,1,17-21H2,2-15H3/b42-33+/t22-,23+,24+,25+,26-,27-,28+,29-,30-,31+,32?,34-,35+,36+,38-,40-,41+/m0/s1. The number of carbonyl (C=O) groups excluding carboxylic acids is 1. The van der Waals surface area contributed by atoms with E-state index in [9.17, 15) is 20.2 Å². The van der Waals surface area contributed by atoms with Gasteiger partial charge in [-0.25, -0.2) is 0 Å². The molecule has 3 aliphatic heterocycles. The van der Waals surface area contributed by atoms with Crippen molar-refractivity contribution in [3.63, 3.8) is 0 Å². The van der Waals surface area contributed by atoms with E-state index < -0.39 is 77.8 Å². The fourth-order valence-corrected chi connectivity index (χ4v) is 9.03. The third-order valence-electron chi connectivity index (χ3n) is 13.1. The van der Waals surface area contributed by atoms with Crippen LogP contribution in [0.25, 0.3) is 0 Å². The van der Waals surface area contributed by atoms with Crippen LogP contribution < -0.4 is 0 Å². The first-order valence-electron chi connectivity index (χ1n) is 19.7. The molecule has 3 fully saturated rings. The summed E-state index contributed by atoms with van der Waals surface area (Å²) >= 11 is 0. The molecule has 3 heterocycles. The minimum atomic E-state index is -1.87. The number of hydrogen-bond acceptors (Lipinski definition) is 11. The summed E-state index contributed by atoms with van der Waals surface area (Å²) in [4.78, 5) is 14.3. The molecule has 3 aliphatic rings. The van der Waals surface area contributed by atoms with E-state index in [0.29, 0.717) is 18.8 Å². The highest BCUT2D eigenvalue weighted by Gasteiger charge is 2.53. The zero-order chi connectivity index (χ0) is 39.5. The zero-order valence-corrected chi connectivity index (χ0v) is 34.6. The second kappa shape index (κ2) is 17.9. The summed E-state index contributed by atoms with van der Waals surface area (Å²) in [6.07, 6.45) is -1.60. The molecule has 11 nitrogen and oxygen atoms in total. The Labute approximate surface area is 314 Å².